The van der Waals surface area contributed by atoms with Gasteiger partial charge < -0.3 is 5.32 Å². The summed E-state index contributed by atoms with van der Waals surface area (Å²) in [6, 6.07) is 5.14. The molecule has 0 aromatic carbocycles. The van der Waals surface area contributed by atoms with Crippen molar-refractivity contribution in [2.45, 2.75) is 32.1 Å². The van der Waals surface area contributed by atoms with E-state index in [1.165, 1.54) is 0 Å². The summed E-state index contributed by atoms with van der Waals surface area (Å²) in [6.07, 6.45) is 1.65. The molecule has 0 aliphatic heterocycles. The number of pyridine rings is 1. The Balaban J connectivity index is 2.65. The molecule has 102 valence electrons. The average molecular weight is 271 g/mol. The van der Waals surface area contributed by atoms with Gasteiger partial charge in [0.1, 0.15) is 0 Å². The number of nitrogens with zero attached hydrogens (tertiary/aromatic N) is 1. The molecule has 0 aliphatic rings. The van der Waals surface area contributed by atoms with E-state index in [2.05, 4.69) is 15.0 Å². The van der Waals surface area contributed by atoms with Gasteiger partial charge in [0.25, 0.3) is 0 Å². The first-order valence-corrected chi connectivity index (χ1v) is 7.64. The molecule has 1 aromatic rings. The van der Waals surface area contributed by atoms with Crippen molar-refractivity contribution in [1.82, 2.24) is 15.0 Å². The Bertz CT molecular complexity index is 448. The smallest absolute Gasteiger partial charge is 0.216 e. The number of rotatable bonds is 7. The van der Waals surface area contributed by atoms with Crippen LogP contribution in [0.15, 0.2) is 24.4 Å². The summed E-state index contributed by atoms with van der Waals surface area (Å²) in [5.41, 5.74) is 0.719. The van der Waals surface area contributed by atoms with Crippen LogP contribution >= 0.6 is 0 Å². The van der Waals surface area contributed by atoms with Crippen LogP contribution in [0.2, 0.25) is 0 Å². The molecule has 6 heteroatoms. The lowest BCUT2D eigenvalue weighted by molar-refractivity contribution is 0.544. The molecular formula is C12H21N3O2S. The van der Waals surface area contributed by atoms with E-state index in [0.29, 0.717) is 6.54 Å². The van der Waals surface area contributed by atoms with Gasteiger partial charge in [0.05, 0.1) is 17.0 Å². The highest BCUT2D eigenvalue weighted by molar-refractivity contribution is 7.90. The molecule has 0 bridgehead atoms. The van der Waals surface area contributed by atoms with Gasteiger partial charge in [0, 0.05) is 12.7 Å². The Morgan fingerprint density at radius 1 is 1.33 bits per heavy atom. The monoisotopic (exact) mass is 271 g/mol. The molecule has 0 amide bonds. The van der Waals surface area contributed by atoms with Crippen LogP contribution in [0.25, 0.3) is 0 Å². The Morgan fingerprint density at radius 2 is 2.06 bits per heavy atom. The van der Waals surface area contributed by atoms with Gasteiger partial charge in [-0.15, -0.1) is 0 Å². The number of aromatic nitrogens is 1. The van der Waals surface area contributed by atoms with Crippen LogP contribution in [-0.2, 0) is 10.0 Å². The Labute approximate surface area is 109 Å². The third-order valence-electron chi connectivity index (χ3n) is 2.68. The summed E-state index contributed by atoms with van der Waals surface area (Å²) in [6.45, 7) is 6.63. The van der Waals surface area contributed by atoms with E-state index in [9.17, 15) is 8.42 Å². The third kappa shape index (κ3) is 4.36. The predicted octanol–water partition coefficient (Wildman–Crippen LogP) is 1.06. The van der Waals surface area contributed by atoms with Crippen LogP contribution in [0.3, 0.4) is 0 Å². The van der Waals surface area contributed by atoms with E-state index in [1.54, 1.807) is 26.1 Å². The fourth-order valence-electron chi connectivity index (χ4n) is 1.51. The van der Waals surface area contributed by atoms with E-state index in [0.717, 1.165) is 12.2 Å². The van der Waals surface area contributed by atoms with Crippen LogP contribution in [0, 0.1) is 0 Å². The number of hydrogen-bond acceptors (Lipinski definition) is 4. The molecule has 1 heterocycles. The van der Waals surface area contributed by atoms with Crippen LogP contribution in [-0.4, -0.2) is 31.7 Å². The van der Waals surface area contributed by atoms with Crippen molar-refractivity contribution >= 4 is 10.0 Å². The molecule has 2 unspecified atom stereocenters. The van der Waals surface area contributed by atoms with Crippen molar-refractivity contribution in [3.8, 4) is 0 Å². The van der Waals surface area contributed by atoms with Gasteiger partial charge in [-0.1, -0.05) is 13.0 Å². The number of sulfonamides is 1. The standard InChI is InChI=1S/C12H21N3O2S/c1-4-13-9-10(2)18(16,17)15-11(3)12-7-5-6-8-14-12/h5-8,10-11,13,15H,4,9H2,1-3H3. The lowest BCUT2D eigenvalue weighted by atomic mass is 10.2. The maximum atomic E-state index is 12.0. The first-order chi connectivity index (χ1) is 8.47. The second-order valence-electron chi connectivity index (χ2n) is 4.26. The molecule has 0 radical (unpaired) electrons. The fraction of sp³-hybridized carbons (Fsp3) is 0.583. The molecule has 5 nitrogen and oxygen atoms in total. The van der Waals surface area contributed by atoms with Crippen molar-refractivity contribution in [2.75, 3.05) is 13.1 Å². The van der Waals surface area contributed by atoms with Gasteiger partial charge in [-0.3, -0.25) is 4.98 Å². The summed E-state index contributed by atoms with van der Waals surface area (Å²) < 4.78 is 26.7. The van der Waals surface area contributed by atoms with Crippen molar-refractivity contribution in [1.29, 1.82) is 0 Å². The van der Waals surface area contributed by atoms with Gasteiger partial charge in [0.2, 0.25) is 10.0 Å². The van der Waals surface area contributed by atoms with Crippen LogP contribution in [0.4, 0.5) is 0 Å². The van der Waals surface area contributed by atoms with Crippen molar-refractivity contribution in [3.63, 3.8) is 0 Å². The molecule has 2 atom stereocenters. The van der Waals surface area contributed by atoms with Gasteiger partial charge >= 0.3 is 0 Å². The Morgan fingerprint density at radius 3 is 2.61 bits per heavy atom. The van der Waals surface area contributed by atoms with Gasteiger partial charge in [-0.2, -0.15) is 0 Å². The predicted molar refractivity (Wildman–Crippen MR) is 72.7 cm³/mol. The Kier molecular flexibility index (Phi) is 5.71. The van der Waals surface area contributed by atoms with E-state index in [-0.39, 0.29) is 6.04 Å². The van der Waals surface area contributed by atoms with Gasteiger partial charge in [0.15, 0.2) is 0 Å². The molecule has 0 fully saturated rings. The summed E-state index contributed by atoms with van der Waals surface area (Å²) in [5.74, 6) is 0. The topological polar surface area (TPSA) is 71.1 Å². The lowest BCUT2D eigenvalue weighted by Crippen LogP contribution is -2.40. The molecule has 2 N–H and O–H groups in total. The molecule has 1 rings (SSSR count). The third-order valence-corrected chi connectivity index (χ3v) is 4.59. The zero-order valence-corrected chi connectivity index (χ0v) is 11.9. The normalized spacial score (nSPS) is 15.3. The van der Waals surface area contributed by atoms with E-state index < -0.39 is 15.3 Å². The molecule has 18 heavy (non-hydrogen) atoms. The average Bonchev–Trinajstić information content (AvgIpc) is 2.36. The van der Waals surface area contributed by atoms with Crippen LogP contribution < -0.4 is 10.0 Å². The first kappa shape index (κ1) is 15.1. The highest BCUT2D eigenvalue weighted by Crippen LogP contribution is 2.11. The fourth-order valence-corrected chi connectivity index (χ4v) is 2.70. The SMILES string of the molecule is CCNCC(C)S(=O)(=O)NC(C)c1ccccn1. The second kappa shape index (κ2) is 6.82. The van der Waals surface area contributed by atoms with Crippen LogP contribution in [0.1, 0.15) is 32.5 Å². The summed E-state index contributed by atoms with van der Waals surface area (Å²) in [5, 5.41) is 2.56. The number of nitrogens with one attached hydrogen (secondary N) is 2. The van der Waals surface area contributed by atoms with Gasteiger partial charge in [-0.05, 0) is 32.5 Å². The largest absolute Gasteiger partial charge is 0.316 e. The summed E-state index contributed by atoms with van der Waals surface area (Å²) in [7, 11) is -3.33. The maximum absolute atomic E-state index is 12.0. The van der Waals surface area contributed by atoms with E-state index in [1.807, 2.05) is 19.1 Å². The minimum absolute atomic E-state index is 0.319. The van der Waals surface area contributed by atoms with E-state index in [4.69, 9.17) is 0 Å². The summed E-state index contributed by atoms with van der Waals surface area (Å²) >= 11 is 0. The molecule has 0 aliphatic carbocycles. The van der Waals surface area contributed by atoms with Crippen molar-refractivity contribution in [3.05, 3.63) is 30.1 Å². The zero-order chi connectivity index (χ0) is 13.6. The van der Waals surface area contributed by atoms with Gasteiger partial charge in [-0.25, -0.2) is 13.1 Å². The van der Waals surface area contributed by atoms with Crippen molar-refractivity contribution in [2.24, 2.45) is 0 Å². The zero-order valence-electron chi connectivity index (χ0n) is 11.1. The molecule has 0 saturated carbocycles. The quantitative estimate of drug-likeness (QED) is 0.778. The minimum Gasteiger partial charge on any atom is -0.316 e. The molecule has 0 saturated heterocycles. The molecule has 0 spiro atoms. The molecular weight excluding hydrogens is 250 g/mol. The Hall–Kier alpha value is -0.980. The lowest BCUT2D eigenvalue weighted by Gasteiger charge is -2.18. The second-order valence-corrected chi connectivity index (χ2v) is 6.39. The first-order valence-electron chi connectivity index (χ1n) is 6.10. The highest BCUT2D eigenvalue weighted by atomic mass is 32.2. The molecule has 1 aromatic heterocycles. The van der Waals surface area contributed by atoms with E-state index >= 15 is 0 Å². The van der Waals surface area contributed by atoms with Crippen LogP contribution in [0.5, 0.6) is 0 Å². The van der Waals surface area contributed by atoms with Crippen molar-refractivity contribution < 1.29 is 8.42 Å². The minimum atomic E-state index is -3.33. The highest BCUT2D eigenvalue weighted by Gasteiger charge is 2.23. The summed E-state index contributed by atoms with van der Waals surface area (Å²) in [4.78, 5) is 4.14. The maximum Gasteiger partial charge on any atom is 0.216 e. The number of hydrogen-bond donors (Lipinski definition) is 2.